The van der Waals surface area contributed by atoms with E-state index in [4.69, 9.17) is 4.74 Å². The number of carbonyl (C=O) groups is 1. The molecule has 0 saturated heterocycles. The molecule has 0 amide bonds. The van der Waals surface area contributed by atoms with E-state index in [1.54, 1.807) is 6.92 Å². The maximum atomic E-state index is 12.1. The van der Waals surface area contributed by atoms with E-state index in [-0.39, 0.29) is 11.5 Å². The van der Waals surface area contributed by atoms with Gasteiger partial charge in [-0.15, -0.1) is 0 Å². The molecule has 2 aromatic rings. The van der Waals surface area contributed by atoms with Crippen molar-refractivity contribution >= 4 is 21.9 Å². The van der Waals surface area contributed by atoms with Gasteiger partial charge in [0.05, 0.1) is 17.1 Å². The van der Waals surface area contributed by atoms with Crippen molar-refractivity contribution < 1.29 is 9.53 Å². The first kappa shape index (κ1) is 15.5. The van der Waals surface area contributed by atoms with Crippen LogP contribution < -0.4 is 5.56 Å². The Labute approximate surface area is 131 Å². The van der Waals surface area contributed by atoms with Crippen LogP contribution in [-0.4, -0.2) is 18.1 Å². The predicted octanol–water partition coefficient (Wildman–Crippen LogP) is 3.38. The van der Waals surface area contributed by atoms with Crippen molar-refractivity contribution in [3.05, 3.63) is 67.5 Å². The quantitative estimate of drug-likeness (QED) is 0.864. The number of hydrogen-bond donors (Lipinski definition) is 1. The number of carbonyl (C=O) groups excluding carboxylic acids is 1. The Bertz CT molecular complexity index is 722. The lowest BCUT2D eigenvalue weighted by molar-refractivity contribution is 0.0597. The van der Waals surface area contributed by atoms with Crippen LogP contribution in [-0.2, 0) is 4.74 Å². The predicted molar refractivity (Wildman–Crippen MR) is 84.8 cm³/mol. The van der Waals surface area contributed by atoms with E-state index in [1.165, 1.54) is 7.11 Å². The van der Waals surface area contributed by atoms with Gasteiger partial charge < -0.3 is 9.72 Å². The second-order valence-corrected chi connectivity index (χ2v) is 5.60. The lowest BCUT2D eigenvalue weighted by Crippen LogP contribution is -2.20. The summed E-state index contributed by atoms with van der Waals surface area (Å²) in [4.78, 5) is 26.8. The van der Waals surface area contributed by atoms with E-state index in [1.807, 2.05) is 37.3 Å². The van der Waals surface area contributed by atoms with Crippen molar-refractivity contribution in [3.63, 3.8) is 0 Å². The van der Waals surface area contributed by atoms with E-state index >= 15 is 0 Å². The minimum atomic E-state index is -0.456. The molecular weight excluding hydrogens is 334 g/mol. The van der Waals surface area contributed by atoms with Crippen LogP contribution in [0.2, 0.25) is 0 Å². The Morgan fingerprint density at radius 1 is 1.29 bits per heavy atom. The van der Waals surface area contributed by atoms with Gasteiger partial charge in [-0.2, -0.15) is 0 Å². The molecule has 0 radical (unpaired) electrons. The van der Waals surface area contributed by atoms with Crippen LogP contribution in [0, 0.1) is 6.92 Å². The highest BCUT2D eigenvalue weighted by atomic mass is 79.9. The number of aryl methyl sites for hydroxylation is 1. The van der Waals surface area contributed by atoms with Gasteiger partial charge in [-0.3, -0.25) is 4.79 Å². The van der Waals surface area contributed by atoms with Crippen molar-refractivity contribution in [1.29, 1.82) is 0 Å². The average Bonchev–Trinajstić information content (AvgIpc) is 2.50. The molecule has 1 aromatic carbocycles. The number of rotatable bonds is 3. The van der Waals surface area contributed by atoms with Gasteiger partial charge in [0, 0.05) is 11.6 Å². The Balaban J connectivity index is 2.72. The van der Waals surface area contributed by atoms with Crippen LogP contribution >= 0.6 is 15.9 Å². The lowest BCUT2D eigenvalue weighted by atomic mass is 9.89. The highest BCUT2D eigenvalue weighted by Crippen LogP contribution is 2.32. The summed E-state index contributed by atoms with van der Waals surface area (Å²) in [5, 5.41) is 0. The summed E-state index contributed by atoms with van der Waals surface area (Å²) >= 11 is 3.31. The van der Waals surface area contributed by atoms with Crippen molar-refractivity contribution in [1.82, 2.24) is 4.98 Å². The number of nitrogens with one attached hydrogen (secondary N) is 1. The van der Waals surface area contributed by atoms with E-state index in [0.717, 1.165) is 5.56 Å². The van der Waals surface area contributed by atoms with Crippen LogP contribution in [0.3, 0.4) is 0 Å². The molecule has 0 aliphatic rings. The van der Waals surface area contributed by atoms with Crippen LogP contribution in [0.25, 0.3) is 0 Å². The molecule has 5 heteroatoms. The molecule has 4 nitrogen and oxygen atoms in total. The van der Waals surface area contributed by atoms with Gasteiger partial charge in [-0.25, -0.2) is 4.79 Å². The molecule has 1 heterocycles. The summed E-state index contributed by atoms with van der Waals surface area (Å²) < 4.78 is 5.22. The van der Waals surface area contributed by atoms with E-state index < -0.39 is 5.97 Å². The number of hydrogen-bond acceptors (Lipinski definition) is 3. The maximum absolute atomic E-state index is 12.1. The Morgan fingerprint density at radius 3 is 2.48 bits per heavy atom. The molecule has 21 heavy (non-hydrogen) atoms. The molecule has 0 unspecified atom stereocenters. The van der Waals surface area contributed by atoms with Crippen molar-refractivity contribution in [3.8, 4) is 0 Å². The first-order chi connectivity index (χ1) is 9.97. The summed E-state index contributed by atoms with van der Waals surface area (Å²) in [6, 6.07) is 9.72. The van der Waals surface area contributed by atoms with Crippen LogP contribution in [0.4, 0.5) is 0 Å². The Morgan fingerprint density at radius 2 is 1.90 bits per heavy atom. The normalized spacial score (nSPS) is 12.0. The fourth-order valence-electron chi connectivity index (χ4n) is 2.40. The highest BCUT2D eigenvalue weighted by molar-refractivity contribution is 9.10. The molecule has 0 aliphatic carbocycles. The molecule has 0 bridgehead atoms. The number of benzene rings is 1. The van der Waals surface area contributed by atoms with Gasteiger partial charge in [0.15, 0.2) is 0 Å². The Hall–Kier alpha value is -1.88. The summed E-state index contributed by atoms with van der Waals surface area (Å²) in [6.45, 7) is 3.65. The van der Waals surface area contributed by atoms with Crippen LogP contribution in [0.15, 0.2) is 39.6 Å². The van der Waals surface area contributed by atoms with E-state index in [9.17, 15) is 9.59 Å². The SMILES string of the molecule is COC(=O)c1c(C)[nH]c(=O)c(Br)c1[C@@H](C)c1ccccc1. The molecule has 0 fully saturated rings. The monoisotopic (exact) mass is 349 g/mol. The molecule has 0 spiro atoms. The van der Waals surface area contributed by atoms with Crippen molar-refractivity contribution in [2.24, 2.45) is 0 Å². The summed E-state index contributed by atoms with van der Waals surface area (Å²) in [5.74, 6) is -0.571. The molecule has 1 N–H and O–H groups in total. The first-order valence-electron chi connectivity index (χ1n) is 6.52. The van der Waals surface area contributed by atoms with Gasteiger partial charge >= 0.3 is 5.97 Å². The third-order valence-corrected chi connectivity index (χ3v) is 4.29. The Kier molecular flexibility index (Phi) is 4.63. The van der Waals surface area contributed by atoms with Crippen LogP contribution in [0.1, 0.15) is 40.0 Å². The smallest absolute Gasteiger partial charge is 0.339 e. The van der Waals surface area contributed by atoms with Crippen molar-refractivity contribution in [2.45, 2.75) is 19.8 Å². The minimum Gasteiger partial charge on any atom is -0.465 e. The standard InChI is InChI=1S/C16H16BrNO3/c1-9(11-7-5-4-6-8-11)12-13(16(20)21-3)10(2)18-15(19)14(12)17/h4-9H,1-3H3,(H,18,19)/t9-/m0/s1. The topological polar surface area (TPSA) is 59.2 Å². The second kappa shape index (κ2) is 6.26. The summed E-state index contributed by atoms with van der Waals surface area (Å²) in [7, 11) is 1.33. The number of aromatic nitrogens is 1. The number of ether oxygens (including phenoxy) is 1. The zero-order chi connectivity index (χ0) is 15.6. The zero-order valence-electron chi connectivity index (χ0n) is 12.1. The number of pyridine rings is 1. The molecule has 1 aromatic heterocycles. The summed E-state index contributed by atoms with van der Waals surface area (Å²) in [6.07, 6.45) is 0. The number of aromatic amines is 1. The third-order valence-electron chi connectivity index (χ3n) is 3.50. The molecule has 110 valence electrons. The largest absolute Gasteiger partial charge is 0.465 e. The maximum Gasteiger partial charge on any atom is 0.339 e. The van der Waals surface area contributed by atoms with Gasteiger partial charge in [0.2, 0.25) is 0 Å². The molecular formula is C16H16BrNO3. The van der Waals surface area contributed by atoms with Crippen LogP contribution in [0.5, 0.6) is 0 Å². The molecule has 1 atom stereocenters. The number of halogens is 1. The number of methoxy groups -OCH3 is 1. The van der Waals surface area contributed by atoms with Gasteiger partial charge in [-0.1, -0.05) is 37.3 Å². The van der Waals surface area contributed by atoms with Gasteiger partial charge in [-0.05, 0) is 34.0 Å². The fourth-order valence-corrected chi connectivity index (χ4v) is 3.04. The zero-order valence-corrected chi connectivity index (χ0v) is 13.7. The molecule has 0 saturated carbocycles. The minimum absolute atomic E-state index is 0.115. The molecule has 2 rings (SSSR count). The highest BCUT2D eigenvalue weighted by Gasteiger charge is 2.25. The summed E-state index contributed by atoms with van der Waals surface area (Å²) in [5.41, 5.74) is 2.33. The van der Waals surface area contributed by atoms with Crippen molar-refractivity contribution in [2.75, 3.05) is 7.11 Å². The van der Waals surface area contributed by atoms with E-state index in [2.05, 4.69) is 20.9 Å². The third kappa shape index (κ3) is 2.93. The number of H-pyrrole nitrogens is 1. The fraction of sp³-hybridized carbons (Fsp3) is 0.250. The van der Waals surface area contributed by atoms with E-state index in [0.29, 0.717) is 21.3 Å². The first-order valence-corrected chi connectivity index (χ1v) is 7.32. The number of esters is 1. The molecule has 0 aliphatic heterocycles. The second-order valence-electron chi connectivity index (χ2n) is 4.81. The average molecular weight is 350 g/mol. The van der Waals surface area contributed by atoms with Gasteiger partial charge in [0.25, 0.3) is 5.56 Å². The van der Waals surface area contributed by atoms with Gasteiger partial charge in [0.1, 0.15) is 0 Å². The lowest BCUT2D eigenvalue weighted by Gasteiger charge is -2.19.